The molecule has 0 spiro atoms. The normalized spacial score (nSPS) is 11.0. The summed E-state index contributed by atoms with van der Waals surface area (Å²) < 4.78 is 29.8. The largest absolute Gasteiger partial charge is 0.496 e. The van der Waals surface area contributed by atoms with Gasteiger partial charge in [0.25, 0.3) is 5.91 Å². The monoisotopic (exact) mass is 380 g/mol. The quantitative estimate of drug-likeness (QED) is 0.780. The minimum atomic E-state index is -3.43. The molecule has 0 saturated heterocycles. The van der Waals surface area contributed by atoms with Gasteiger partial charge in [-0.1, -0.05) is 6.07 Å². The minimum Gasteiger partial charge on any atom is -0.496 e. The Morgan fingerprint density at radius 3 is 2.52 bits per heavy atom. The van der Waals surface area contributed by atoms with Crippen molar-refractivity contribution in [3.05, 3.63) is 48.0 Å². The molecule has 0 aliphatic carbocycles. The van der Waals surface area contributed by atoms with Crippen LogP contribution >= 0.6 is 11.8 Å². The summed E-state index contributed by atoms with van der Waals surface area (Å²) in [6.07, 6.45) is 3.05. The Morgan fingerprint density at radius 2 is 1.92 bits per heavy atom. The third kappa shape index (κ3) is 4.67. The van der Waals surface area contributed by atoms with Gasteiger partial charge in [0.05, 0.1) is 24.6 Å². The molecule has 2 rings (SSSR count). The molecule has 1 amide bonds. The fourth-order valence-corrected chi connectivity index (χ4v) is 3.12. The third-order valence-corrected chi connectivity index (χ3v) is 5.55. The summed E-state index contributed by atoms with van der Waals surface area (Å²) in [6, 6.07) is 12.1. The fraction of sp³-hybridized carbons (Fsp3) is 0.235. The lowest BCUT2D eigenvalue weighted by Gasteiger charge is -2.18. The number of rotatable bonds is 6. The topological polar surface area (TPSA) is 75.7 Å². The van der Waals surface area contributed by atoms with E-state index in [-0.39, 0.29) is 11.5 Å². The number of hydrogen-bond donors (Lipinski definition) is 1. The number of nitrogens with one attached hydrogen (secondary N) is 1. The van der Waals surface area contributed by atoms with Crippen molar-refractivity contribution >= 4 is 39.1 Å². The summed E-state index contributed by atoms with van der Waals surface area (Å²) in [7, 11) is -0.538. The summed E-state index contributed by atoms with van der Waals surface area (Å²) in [5.74, 6) is -0.0111. The third-order valence-electron chi connectivity index (χ3n) is 3.62. The fourth-order valence-electron chi connectivity index (χ4n) is 2.16. The van der Waals surface area contributed by atoms with Crippen LogP contribution in [-0.2, 0) is 10.0 Å². The van der Waals surface area contributed by atoms with Gasteiger partial charge in [-0.3, -0.25) is 9.10 Å². The van der Waals surface area contributed by atoms with Gasteiger partial charge >= 0.3 is 0 Å². The van der Waals surface area contributed by atoms with E-state index in [4.69, 9.17) is 4.74 Å². The molecule has 8 heteroatoms. The highest BCUT2D eigenvalue weighted by Crippen LogP contribution is 2.27. The zero-order valence-corrected chi connectivity index (χ0v) is 16.1. The molecule has 2 aromatic carbocycles. The van der Waals surface area contributed by atoms with Crippen LogP contribution in [0.4, 0.5) is 11.4 Å². The maximum Gasteiger partial charge on any atom is 0.259 e. The number of benzene rings is 2. The van der Waals surface area contributed by atoms with E-state index in [9.17, 15) is 13.2 Å². The van der Waals surface area contributed by atoms with Gasteiger partial charge < -0.3 is 10.1 Å². The van der Waals surface area contributed by atoms with E-state index in [0.29, 0.717) is 17.1 Å². The van der Waals surface area contributed by atoms with Gasteiger partial charge in [-0.2, -0.15) is 0 Å². The van der Waals surface area contributed by atoms with Crippen LogP contribution < -0.4 is 14.4 Å². The van der Waals surface area contributed by atoms with E-state index in [1.54, 1.807) is 30.0 Å². The first-order valence-corrected chi connectivity index (χ1v) is 10.4. The molecule has 0 aliphatic rings. The SMILES string of the molecule is COc1ccc(N(C)S(C)(=O)=O)cc1C(=O)Nc1cccc(SC)c1. The Labute approximate surface area is 152 Å². The highest BCUT2D eigenvalue weighted by Gasteiger charge is 2.18. The average Bonchev–Trinajstić information content (AvgIpc) is 2.59. The average molecular weight is 380 g/mol. The van der Waals surface area contributed by atoms with Crippen LogP contribution in [-0.4, -0.2) is 41.0 Å². The predicted octanol–water partition coefficient (Wildman–Crippen LogP) is 3.07. The van der Waals surface area contributed by atoms with Gasteiger partial charge in [-0.15, -0.1) is 11.8 Å². The van der Waals surface area contributed by atoms with Gasteiger partial charge in [0.15, 0.2) is 0 Å². The van der Waals surface area contributed by atoms with Gasteiger partial charge in [-0.25, -0.2) is 8.42 Å². The predicted molar refractivity (Wildman–Crippen MR) is 102 cm³/mol. The highest BCUT2D eigenvalue weighted by molar-refractivity contribution is 7.98. The number of amides is 1. The Bertz CT molecular complexity index is 882. The van der Waals surface area contributed by atoms with Gasteiger partial charge in [0.1, 0.15) is 5.75 Å². The number of hydrogen-bond acceptors (Lipinski definition) is 5. The van der Waals surface area contributed by atoms with E-state index in [0.717, 1.165) is 15.5 Å². The zero-order valence-electron chi connectivity index (χ0n) is 14.4. The number of sulfonamides is 1. The molecule has 0 saturated carbocycles. The van der Waals surface area contributed by atoms with E-state index in [1.807, 2.05) is 24.5 Å². The lowest BCUT2D eigenvalue weighted by atomic mass is 10.1. The second-order valence-corrected chi connectivity index (χ2v) is 8.19. The number of carbonyl (C=O) groups is 1. The molecule has 25 heavy (non-hydrogen) atoms. The molecule has 0 aliphatic heterocycles. The number of carbonyl (C=O) groups excluding carboxylic acids is 1. The van der Waals surface area contributed by atoms with Crippen LogP contribution in [0, 0.1) is 0 Å². The molecule has 0 fully saturated rings. The molecule has 2 aromatic rings. The molecule has 0 heterocycles. The van der Waals surface area contributed by atoms with Crippen molar-refractivity contribution < 1.29 is 17.9 Å². The number of ether oxygens (including phenoxy) is 1. The van der Waals surface area contributed by atoms with Gasteiger partial charge in [-0.05, 0) is 42.7 Å². The maximum atomic E-state index is 12.7. The van der Waals surface area contributed by atoms with E-state index in [2.05, 4.69) is 5.32 Å². The molecule has 134 valence electrons. The maximum absolute atomic E-state index is 12.7. The Balaban J connectivity index is 2.37. The highest BCUT2D eigenvalue weighted by atomic mass is 32.2. The molecular formula is C17H20N2O4S2. The van der Waals surface area contributed by atoms with Crippen LogP contribution in [0.5, 0.6) is 5.75 Å². The van der Waals surface area contributed by atoms with Crippen LogP contribution in [0.25, 0.3) is 0 Å². The first-order valence-electron chi connectivity index (χ1n) is 7.33. The lowest BCUT2D eigenvalue weighted by Crippen LogP contribution is -2.25. The Morgan fingerprint density at radius 1 is 1.20 bits per heavy atom. The van der Waals surface area contributed by atoms with Crippen molar-refractivity contribution in [2.75, 3.05) is 36.3 Å². The molecule has 0 atom stereocenters. The Kier molecular flexibility index (Phi) is 5.97. The number of nitrogens with zero attached hydrogens (tertiary/aromatic N) is 1. The van der Waals surface area contributed by atoms with E-state index >= 15 is 0 Å². The summed E-state index contributed by atoms with van der Waals surface area (Å²) >= 11 is 1.57. The number of anilines is 2. The van der Waals surface area contributed by atoms with E-state index < -0.39 is 10.0 Å². The van der Waals surface area contributed by atoms with Crippen molar-refractivity contribution in [2.24, 2.45) is 0 Å². The van der Waals surface area contributed by atoms with Crippen molar-refractivity contribution in [1.29, 1.82) is 0 Å². The van der Waals surface area contributed by atoms with Crippen LogP contribution in [0.2, 0.25) is 0 Å². The molecule has 0 unspecified atom stereocenters. The number of thioether (sulfide) groups is 1. The molecule has 0 aromatic heterocycles. The second kappa shape index (κ2) is 7.79. The van der Waals surface area contributed by atoms with E-state index in [1.165, 1.54) is 20.2 Å². The Hall–Kier alpha value is -2.19. The smallest absolute Gasteiger partial charge is 0.259 e. The first kappa shape index (κ1) is 19.1. The van der Waals surface area contributed by atoms with Crippen molar-refractivity contribution in [2.45, 2.75) is 4.90 Å². The van der Waals surface area contributed by atoms with Crippen LogP contribution in [0.1, 0.15) is 10.4 Å². The molecule has 1 N–H and O–H groups in total. The zero-order chi connectivity index (χ0) is 18.6. The van der Waals surface area contributed by atoms with Crippen LogP contribution in [0.15, 0.2) is 47.4 Å². The first-order chi connectivity index (χ1) is 11.8. The summed E-state index contributed by atoms with van der Waals surface area (Å²) in [6.45, 7) is 0. The lowest BCUT2D eigenvalue weighted by molar-refractivity contribution is 0.102. The van der Waals surface area contributed by atoms with Crippen molar-refractivity contribution in [3.63, 3.8) is 0 Å². The summed E-state index contributed by atoms with van der Waals surface area (Å²) in [5, 5.41) is 2.81. The standard InChI is InChI=1S/C17H20N2O4S2/c1-19(25(4,21)22)13-8-9-16(23-2)15(11-13)17(20)18-12-6-5-7-14(10-12)24-3/h5-11H,1-4H3,(H,18,20). The second-order valence-electron chi connectivity index (χ2n) is 5.30. The molecule has 0 bridgehead atoms. The van der Waals surface area contributed by atoms with Gasteiger partial charge in [0, 0.05) is 17.6 Å². The van der Waals surface area contributed by atoms with Gasteiger partial charge in [0.2, 0.25) is 10.0 Å². The van der Waals surface area contributed by atoms with Crippen LogP contribution in [0.3, 0.4) is 0 Å². The van der Waals surface area contributed by atoms with Crippen molar-refractivity contribution in [3.8, 4) is 5.75 Å². The summed E-state index contributed by atoms with van der Waals surface area (Å²) in [4.78, 5) is 13.7. The molecule has 0 radical (unpaired) electrons. The minimum absolute atomic E-state index is 0.255. The summed E-state index contributed by atoms with van der Waals surface area (Å²) in [5.41, 5.74) is 1.29. The van der Waals surface area contributed by atoms with Crippen molar-refractivity contribution in [1.82, 2.24) is 0 Å². The molecular weight excluding hydrogens is 360 g/mol. The number of methoxy groups -OCH3 is 1. The molecule has 6 nitrogen and oxygen atoms in total.